The number of anilines is 1. The van der Waals surface area contributed by atoms with E-state index in [9.17, 15) is 13.6 Å². The number of hydrogen-bond acceptors (Lipinski definition) is 2. The molecule has 0 aliphatic rings. The summed E-state index contributed by atoms with van der Waals surface area (Å²) in [6, 6.07) is 2.67. The first-order valence-electron chi connectivity index (χ1n) is 4.42. The Bertz CT molecular complexity index is 511. The summed E-state index contributed by atoms with van der Waals surface area (Å²) in [5.74, 6) is -2.04. The molecule has 2 N–H and O–H groups in total. The van der Waals surface area contributed by atoms with Crippen molar-refractivity contribution in [2.24, 2.45) is 0 Å². The molecule has 16 heavy (non-hydrogen) atoms. The van der Waals surface area contributed by atoms with Crippen LogP contribution in [0.4, 0.5) is 14.7 Å². The first kappa shape index (κ1) is 10.3. The van der Waals surface area contributed by atoms with Gasteiger partial charge in [-0.25, -0.2) is 13.8 Å². The third-order valence-corrected chi connectivity index (χ3v) is 1.90. The maximum atomic E-state index is 13.2. The molecule has 0 saturated carbocycles. The summed E-state index contributed by atoms with van der Waals surface area (Å²) < 4.78 is 26.0. The highest BCUT2D eigenvalue weighted by atomic mass is 19.1. The molecular formula is C10H7F2N3O. The van der Waals surface area contributed by atoms with Crippen molar-refractivity contribution < 1.29 is 13.6 Å². The van der Waals surface area contributed by atoms with Crippen LogP contribution in [-0.2, 0) is 0 Å². The predicted octanol–water partition coefficient (Wildman–Crippen LogP) is 1.94. The lowest BCUT2D eigenvalue weighted by molar-refractivity contribution is 0.102. The van der Waals surface area contributed by atoms with Gasteiger partial charge in [0.05, 0.1) is 5.56 Å². The summed E-state index contributed by atoms with van der Waals surface area (Å²) >= 11 is 0. The number of aromatic amines is 1. The molecular weight excluding hydrogens is 216 g/mol. The smallest absolute Gasteiger partial charge is 0.261 e. The Morgan fingerprint density at radius 2 is 2.19 bits per heavy atom. The van der Waals surface area contributed by atoms with Crippen molar-refractivity contribution in [2.75, 3.05) is 5.32 Å². The second-order valence-corrected chi connectivity index (χ2v) is 3.02. The Hall–Kier alpha value is -2.24. The maximum Gasteiger partial charge on any atom is 0.261 e. The molecule has 0 spiro atoms. The zero-order valence-electron chi connectivity index (χ0n) is 8.00. The number of H-pyrrole nitrogens is 1. The minimum Gasteiger partial charge on any atom is -0.331 e. The Morgan fingerprint density at radius 1 is 1.38 bits per heavy atom. The Labute approximate surface area is 89.3 Å². The number of carbonyl (C=O) groups excluding carboxylic acids is 1. The maximum absolute atomic E-state index is 13.2. The van der Waals surface area contributed by atoms with Crippen LogP contribution in [0.3, 0.4) is 0 Å². The summed E-state index contributed by atoms with van der Waals surface area (Å²) in [4.78, 5) is 17.9. The topological polar surface area (TPSA) is 57.8 Å². The zero-order chi connectivity index (χ0) is 11.5. The summed E-state index contributed by atoms with van der Waals surface area (Å²) in [7, 11) is 0. The fraction of sp³-hybridized carbons (Fsp3) is 0. The molecule has 1 amide bonds. The van der Waals surface area contributed by atoms with Gasteiger partial charge < -0.3 is 4.98 Å². The van der Waals surface area contributed by atoms with E-state index >= 15 is 0 Å². The SMILES string of the molecule is O=C(Nc1ncc[nH]1)c1cc(F)ccc1F. The number of hydrogen-bond donors (Lipinski definition) is 2. The lowest BCUT2D eigenvalue weighted by Gasteiger charge is -2.03. The second-order valence-electron chi connectivity index (χ2n) is 3.02. The van der Waals surface area contributed by atoms with Crippen molar-refractivity contribution in [1.82, 2.24) is 9.97 Å². The van der Waals surface area contributed by atoms with Gasteiger partial charge in [-0.1, -0.05) is 0 Å². The second kappa shape index (κ2) is 4.09. The average molecular weight is 223 g/mol. The van der Waals surface area contributed by atoms with Gasteiger partial charge in [0, 0.05) is 12.4 Å². The van der Waals surface area contributed by atoms with Crippen LogP contribution >= 0.6 is 0 Å². The van der Waals surface area contributed by atoms with Crippen LogP contribution in [0.25, 0.3) is 0 Å². The summed E-state index contributed by atoms with van der Waals surface area (Å²) in [6.07, 6.45) is 2.93. The average Bonchev–Trinajstić information content (AvgIpc) is 2.74. The monoisotopic (exact) mass is 223 g/mol. The lowest BCUT2D eigenvalue weighted by Crippen LogP contribution is -2.14. The van der Waals surface area contributed by atoms with E-state index in [4.69, 9.17) is 0 Å². The summed E-state index contributed by atoms with van der Waals surface area (Å²) in [6.45, 7) is 0. The van der Waals surface area contributed by atoms with E-state index in [1.165, 1.54) is 12.4 Å². The Kier molecular flexibility index (Phi) is 2.63. The molecule has 0 aliphatic carbocycles. The van der Waals surface area contributed by atoms with Crippen LogP contribution in [0, 0.1) is 11.6 Å². The van der Waals surface area contributed by atoms with E-state index in [2.05, 4.69) is 15.3 Å². The highest BCUT2D eigenvalue weighted by molar-refractivity contribution is 6.03. The number of nitrogens with one attached hydrogen (secondary N) is 2. The third kappa shape index (κ3) is 2.05. The molecule has 0 atom stereocenters. The molecule has 4 nitrogen and oxygen atoms in total. The molecule has 0 bridgehead atoms. The number of halogens is 2. The number of imidazole rings is 1. The standard InChI is InChI=1S/C10H7F2N3O/c11-6-1-2-8(12)7(5-6)9(16)15-10-13-3-4-14-10/h1-5H,(H2,13,14,15,16). The van der Waals surface area contributed by atoms with Gasteiger partial charge in [-0.3, -0.25) is 10.1 Å². The van der Waals surface area contributed by atoms with Crippen molar-refractivity contribution in [3.05, 3.63) is 47.8 Å². The van der Waals surface area contributed by atoms with Crippen LogP contribution < -0.4 is 5.32 Å². The summed E-state index contributed by atoms with van der Waals surface area (Å²) in [5, 5.41) is 2.29. The number of amides is 1. The van der Waals surface area contributed by atoms with Crippen molar-refractivity contribution >= 4 is 11.9 Å². The van der Waals surface area contributed by atoms with Gasteiger partial charge in [-0.05, 0) is 18.2 Å². The fourth-order valence-electron chi connectivity index (χ4n) is 1.18. The third-order valence-electron chi connectivity index (χ3n) is 1.90. The Balaban J connectivity index is 2.24. The normalized spacial score (nSPS) is 10.1. The Morgan fingerprint density at radius 3 is 2.88 bits per heavy atom. The van der Waals surface area contributed by atoms with Crippen molar-refractivity contribution in [1.29, 1.82) is 0 Å². The molecule has 6 heteroatoms. The molecule has 1 aromatic carbocycles. The fourth-order valence-corrected chi connectivity index (χ4v) is 1.18. The molecule has 0 aliphatic heterocycles. The number of nitrogens with zero attached hydrogens (tertiary/aromatic N) is 1. The van der Waals surface area contributed by atoms with E-state index < -0.39 is 17.5 Å². The molecule has 0 unspecified atom stereocenters. The van der Waals surface area contributed by atoms with E-state index in [1.807, 2.05) is 0 Å². The van der Waals surface area contributed by atoms with Gasteiger partial charge in [0.15, 0.2) is 0 Å². The molecule has 1 aromatic heterocycles. The van der Waals surface area contributed by atoms with Crippen LogP contribution in [0.15, 0.2) is 30.6 Å². The lowest BCUT2D eigenvalue weighted by atomic mass is 10.2. The van der Waals surface area contributed by atoms with Gasteiger partial charge in [0.2, 0.25) is 5.95 Å². The molecule has 2 aromatic rings. The highest BCUT2D eigenvalue weighted by Crippen LogP contribution is 2.11. The summed E-state index contributed by atoms with van der Waals surface area (Å²) in [5.41, 5.74) is -0.364. The predicted molar refractivity (Wildman–Crippen MR) is 52.9 cm³/mol. The van der Waals surface area contributed by atoms with Crippen LogP contribution in [0.5, 0.6) is 0 Å². The van der Waals surface area contributed by atoms with Crippen molar-refractivity contribution in [2.45, 2.75) is 0 Å². The van der Waals surface area contributed by atoms with Crippen LogP contribution in [-0.4, -0.2) is 15.9 Å². The molecule has 0 fully saturated rings. The van der Waals surface area contributed by atoms with Gasteiger partial charge in [0.1, 0.15) is 11.6 Å². The van der Waals surface area contributed by atoms with E-state index in [-0.39, 0.29) is 11.5 Å². The minimum atomic E-state index is -0.787. The quantitative estimate of drug-likeness (QED) is 0.817. The molecule has 82 valence electrons. The van der Waals surface area contributed by atoms with Gasteiger partial charge >= 0.3 is 0 Å². The zero-order valence-corrected chi connectivity index (χ0v) is 8.00. The number of benzene rings is 1. The first-order valence-corrected chi connectivity index (χ1v) is 4.42. The largest absolute Gasteiger partial charge is 0.331 e. The number of carbonyl (C=O) groups is 1. The van der Waals surface area contributed by atoms with Gasteiger partial charge in [-0.2, -0.15) is 0 Å². The number of rotatable bonds is 2. The molecule has 0 radical (unpaired) electrons. The van der Waals surface area contributed by atoms with Gasteiger partial charge in [-0.15, -0.1) is 0 Å². The highest BCUT2D eigenvalue weighted by Gasteiger charge is 2.13. The molecule has 0 saturated heterocycles. The molecule has 2 rings (SSSR count). The van der Waals surface area contributed by atoms with Gasteiger partial charge in [0.25, 0.3) is 5.91 Å². The van der Waals surface area contributed by atoms with Crippen LogP contribution in [0.2, 0.25) is 0 Å². The number of aromatic nitrogens is 2. The van der Waals surface area contributed by atoms with E-state index in [0.29, 0.717) is 0 Å². The van der Waals surface area contributed by atoms with E-state index in [0.717, 1.165) is 18.2 Å². The van der Waals surface area contributed by atoms with Crippen molar-refractivity contribution in [3.63, 3.8) is 0 Å². The van der Waals surface area contributed by atoms with Crippen molar-refractivity contribution in [3.8, 4) is 0 Å². The van der Waals surface area contributed by atoms with E-state index in [1.54, 1.807) is 0 Å². The van der Waals surface area contributed by atoms with Crippen LogP contribution in [0.1, 0.15) is 10.4 Å². The molecule has 1 heterocycles. The first-order chi connectivity index (χ1) is 7.66. The minimum absolute atomic E-state index is 0.175.